The minimum Gasteiger partial charge on any atom is -0.495 e. The highest BCUT2D eigenvalue weighted by atomic mass is 35.5. The van der Waals surface area contributed by atoms with E-state index in [4.69, 9.17) is 21.1 Å². The summed E-state index contributed by atoms with van der Waals surface area (Å²) in [6.45, 7) is 0. The minimum absolute atomic E-state index is 0.115. The summed E-state index contributed by atoms with van der Waals surface area (Å²) < 4.78 is 39.1. The number of anilines is 2. The lowest BCUT2D eigenvalue weighted by Crippen LogP contribution is -2.15. The molecule has 3 aromatic rings. The Morgan fingerprint density at radius 2 is 1.83 bits per heavy atom. The SMILES string of the molecule is COc1ccc(Cl)cc1S(=O)(=O)Nc1ccc2c(c1)C(=O)Nc1ccccc1O2. The Balaban J connectivity index is 1.69. The number of fused-ring (bicyclic) bond motifs is 2. The Hall–Kier alpha value is -3.23. The van der Waals surface area contributed by atoms with Crippen LogP contribution in [-0.4, -0.2) is 21.4 Å². The highest BCUT2D eigenvalue weighted by molar-refractivity contribution is 7.92. The second-order valence-corrected chi connectivity index (χ2v) is 8.25. The molecule has 0 aliphatic carbocycles. The van der Waals surface area contributed by atoms with Crippen molar-refractivity contribution in [3.8, 4) is 17.2 Å². The summed E-state index contributed by atoms with van der Waals surface area (Å²) in [6.07, 6.45) is 0. The maximum atomic E-state index is 12.8. The molecule has 1 heterocycles. The van der Waals surface area contributed by atoms with Crippen molar-refractivity contribution in [2.45, 2.75) is 4.90 Å². The molecule has 9 heteroatoms. The molecule has 0 saturated heterocycles. The van der Waals surface area contributed by atoms with Crippen LogP contribution in [-0.2, 0) is 10.0 Å². The molecular formula is C20H15ClN2O5S. The Labute approximate surface area is 172 Å². The van der Waals surface area contributed by atoms with E-state index in [9.17, 15) is 13.2 Å². The smallest absolute Gasteiger partial charge is 0.265 e. The first-order valence-electron chi connectivity index (χ1n) is 8.46. The van der Waals surface area contributed by atoms with E-state index in [1.165, 1.54) is 43.5 Å². The number of amides is 1. The number of hydrogen-bond acceptors (Lipinski definition) is 5. The van der Waals surface area contributed by atoms with Crippen molar-refractivity contribution in [3.05, 3.63) is 71.2 Å². The quantitative estimate of drug-likeness (QED) is 0.635. The summed E-state index contributed by atoms with van der Waals surface area (Å²) in [6, 6.07) is 15.7. The van der Waals surface area contributed by atoms with Gasteiger partial charge >= 0.3 is 0 Å². The first-order valence-corrected chi connectivity index (χ1v) is 10.3. The van der Waals surface area contributed by atoms with E-state index in [1.54, 1.807) is 24.3 Å². The molecule has 0 unspecified atom stereocenters. The van der Waals surface area contributed by atoms with Crippen LogP contribution in [0.2, 0.25) is 5.02 Å². The van der Waals surface area contributed by atoms with Crippen LogP contribution in [0.5, 0.6) is 17.2 Å². The van der Waals surface area contributed by atoms with Crippen LogP contribution in [0, 0.1) is 0 Å². The summed E-state index contributed by atoms with van der Waals surface area (Å²) in [5.74, 6) is 0.548. The summed E-state index contributed by atoms with van der Waals surface area (Å²) >= 11 is 5.94. The molecule has 0 saturated carbocycles. The molecule has 0 spiro atoms. The van der Waals surface area contributed by atoms with Gasteiger partial charge in [0, 0.05) is 10.7 Å². The lowest BCUT2D eigenvalue weighted by atomic mass is 10.1. The topological polar surface area (TPSA) is 93.7 Å². The molecule has 0 bridgehead atoms. The van der Waals surface area contributed by atoms with Crippen molar-refractivity contribution in [1.82, 2.24) is 0 Å². The van der Waals surface area contributed by atoms with Crippen LogP contribution in [0.15, 0.2) is 65.6 Å². The van der Waals surface area contributed by atoms with Gasteiger partial charge in [-0.3, -0.25) is 9.52 Å². The van der Waals surface area contributed by atoms with Crippen molar-refractivity contribution in [2.24, 2.45) is 0 Å². The summed E-state index contributed by atoms with van der Waals surface area (Å²) in [4.78, 5) is 12.5. The summed E-state index contributed by atoms with van der Waals surface area (Å²) in [5.41, 5.74) is 0.912. The van der Waals surface area contributed by atoms with E-state index < -0.39 is 15.9 Å². The molecule has 0 aromatic heterocycles. The fourth-order valence-corrected chi connectivity index (χ4v) is 4.38. The predicted molar refractivity (Wildman–Crippen MR) is 110 cm³/mol. The Morgan fingerprint density at radius 3 is 2.62 bits per heavy atom. The van der Waals surface area contributed by atoms with Crippen LogP contribution < -0.4 is 19.5 Å². The van der Waals surface area contributed by atoms with Gasteiger partial charge in [0.1, 0.15) is 16.4 Å². The lowest BCUT2D eigenvalue weighted by molar-refractivity contribution is 0.102. The number of sulfonamides is 1. The first kappa shape index (κ1) is 19.1. The first-order chi connectivity index (χ1) is 13.9. The van der Waals surface area contributed by atoms with Crippen molar-refractivity contribution in [3.63, 3.8) is 0 Å². The van der Waals surface area contributed by atoms with Gasteiger partial charge in [0.2, 0.25) is 0 Å². The number of halogens is 1. The van der Waals surface area contributed by atoms with Crippen molar-refractivity contribution in [1.29, 1.82) is 0 Å². The molecule has 0 radical (unpaired) electrons. The monoisotopic (exact) mass is 430 g/mol. The Bertz CT molecular complexity index is 1230. The highest BCUT2D eigenvalue weighted by Gasteiger charge is 2.24. The third-order valence-corrected chi connectivity index (χ3v) is 5.88. The van der Waals surface area contributed by atoms with Gasteiger partial charge in [-0.2, -0.15) is 0 Å². The van der Waals surface area contributed by atoms with Crippen LogP contribution in [0.1, 0.15) is 10.4 Å². The molecule has 1 amide bonds. The largest absolute Gasteiger partial charge is 0.495 e. The number of para-hydroxylation sites is 2. The Morgan fingerprint density at radius 1 is 1.03 bits per heavy atom. The number of carbonyl (C=O) groups is 1. The van der Waals surface area contributed by atoms with E-state index in [-0.39, 0.29) is 26.9 Å². The van der Waals surface area contributed by atoms with E-state index in [0.29, 0.717) is 17.2 Å². The number of ether oxygens (including phenoxy) is 2. The van der Waals surface area contributed by atoms with Gasteiger partial charge in [0.05, 0.1) is 18.4 Å². The molecule has 148 valence electrons. The van der Waals surface area contributed by atoms with Gasteiger partial charge in [0.25, 0.3) is 15.9 Å². The van der Waals surface area contributed by atoms with E-state index in [2.05, 4.69) is 10.0 Å². The molecular weight excluding hydrogens is 416 g/mol. The fourth-order valence-electron chi connectivity index (χ4n) is 2.90. The second-order valence-electron chi connectivity index (χ2n) is 6.16. The summed E-state index contributed by atoms with van der Waals surface area (Å²) in [7, 11) is -2.65. The molecule has 0 fully saturated rings. The average molecular weight is 431 g/mol. The van der Waals surface area contributed by atoms with Gasteiger partial charge < -0.3 is 14.8 Å². The maximum Gasteiger partial charge on any atom is 0.265 e. The van der Waals surface area contributed by atoms with Gasteiger partial charge in [-0.1, -0.05) is 23.7 Å². The van der Waals surface area contributed by atoms with Crippen LogP contribution in [0.4, 0.5) is 11.4 Å². The fraction of sp³-hybridized carbons (Fsp3) is 0.0500. The van der Waals surface area contributed by atoms with Crippen LogP contribution >= 0.6 is 11.6 Å². The molecule has 0 atom stereocenters. The zero-order valence-corrected chi connectivity index (χ0v) is 16.7. The maximum absolute atomic E-state index is 12.8. The molecule has 7 nitrogen and oxygen atoms in total. The van der Waals surface area contributed by atoms with Gasteiger partial charge in [-0.05, 0) is 48.5 Å². The molecule has 2 N–H and O–H groups in total. The van der Waals surface area contributed by atoms with E-state index in [1.807, 2.05) is 0 Å². The Kier molecular flexibility index (Phi) is 4.81. The lowest BCUT2D eigenvalue weighted by Gasteiger charge is -2.13. The molecule has 1 aliphatic rings. The van der Waals surface area contributed by atoms with Crippen LogP contribution in [0.3, 0.4) is 0 Å². The summed E-state index contributed by atoms with van der Waals surface area (Å²) in [5, 5.41) is 3.00. The zero-order valence-electron chi connectivity index (χ0n) is 15.1. The number of methoxy groups -OCH3 is 1. The molecule has 1 aliphatic heterocycles. The average Bonchev–Trinajstić information content (AvgIpc) is 2.83. The van der Waals surface area contributed by atoms with Gasteiger partial charge in [-0.25, -0.2) is 8.42 Å². The van der Waals surface area contributed by atoms with E-state index in [0.717, 1.165) is 0 Å². The van der Waals surface area contributed by atoms with Crippen molar-refractivity contribution in [2.75, 3.05) is 17.1 Å². The number of carbonyl (C=O) groups excluding carboxylic acids is 1. The number of nitrogens with one attached hydrogen (secondary N) is 2. The van der Waals surface area contributed by atoms with Crippen LogP contribution in [0.25, 0.3) is 0 Å². The van der Waals surface area contributed by atoms with Crippen molar-refractivity contribution < 1.29 is 22.7 Å². The van der Waals surface area contributed by atoms with Gasteiger partial charge in [0.15, 0.2) is 5.75 Å². The van der Waals surface area contributed by atoms with E-state index >= 15 is 0 Å². The second kappa shape index (κ2) is 7.31. The normalized spacial score (nSPS) is 12.7. The standard InChI is InChI=1S/C20H15ClN2O5S/c1-27-18-8-6-12(21)10-19(18)29(25,26)23-13-7-9-16-14(11-13)20(24)22-15-4-2-3-5-17(15)28-16/h2-11,23H,1H3,(H,22,24). The third-order valence-electron chi connectivity index (χ3n) is 4.25. The highest BCUT2D eigenvalue weighted by Crippen LogP contribution is 2.37. The molecule has 29 heavy (non-hydrogen) atoms. The molecule has 4 rings (SSSR count). The molecule has 3 aromatic carbocycles. The predicted octanol–water partition coefficient (Wildman–Crippen LogP) is 4.51. The zero-order chi connectivity index (χ0) is 20.6. The number of rotatable bonds is 4. The van der Waals surface area contributed by atoms with Crippen molar-refractivity contribution >= 4 is 38.9 Å². The van der Waals surface area contributed by atoms with Gasteiger partial charge in [-0.15, -0.1) is 0 Å². The number of hydrogen-bond donors (Lipinski definition) is 2. The third kappa shape index (κ3) is 3.72. The number of benzene rings is 3. The minimum atomic E-state index is -4.02.